The molecule has 1 heteroatoms. The Hall–Kier alpha value is -1.63. The molecule has 0 aromatic carbocycles. The minimum atomic E-state index is 0.458. The predicted molar refractivity (Wildman–Crippen MR) is 87.1 cm³/mol. The van der Waals surface area contributed by atoms with Crippen molar-refractivity contribution in [1.29, 1.82) is 0 Å². The van der Waals surface area contributed by atoms with Gasteiger partial charge in [-0.25, -0.2) is 0 Å². The fraction of sp³-hybridized carbons (Fsp3) is 0.389. The highest BCUT2D eigenvalue weighted by Gasteiger charge is 2.09. The van der Waals surface area contributed by atoms with Crippen LogP contribution in [0.15, 0.2) is 49.3 Å². The van der Waals surface area contributed by atoms with Gasteiger partial charge in [0, 0.05) is 12.4 Å². The molecule has 0 amide bonds. The second-order valence-corrected chi connectivity index (χ2v) is 4.60. The van der Waals surface area contributed by atoms with Crippen LogP contribution in [0, 0.1) is 12.8 Å². The molecule has 0 unspecified atom stereocenters. The largest absolute Gasteiger partial charge is 0.264 e. The number of aromatic nitrogens is 1. The quantitative estimate of drug-likeness (QED) is 0.495. The molecule has 0 aliphatic rings. The van der Waals surface area contributed by atoms with Crippen LogP contribution in [0.1, 0.15) is 45.2 Å². The molecule has 0 bridgehead atoms. The maximum absolute atomic E-state index is 4.21. The molecule has 1 heterocycles. The van der Waals surface area contributed by atoms with Crippen molar-refractivity contribution in [2.45, 2.75) is 41.0 Å². The second-order valence-electron chi connectivity index (χ2n) is 4.60. The molecule has 19 heavy (non-hydrogen) atoms. The number of allylic oxidation sites excluding steroid dienone is 4. The van der Waals surface area contributed by atoms with Crippen LogP contribution in [0.3, 0.4) is 0 Å². The molecular formula is C18H27N. The number of rotatable bonds is 5. The van der Waals surface area contributed by atoms with Gasteiger partial charge in [-0.05, 0) is 42.0 Å². The molecule has 0 aliphatic heterocycles. The fourth-order valence-electron chi connectivity index (χ4n) is 1.79. The van der Waals surface area contributed by atoms with E-state index in [1.54, 1.807) is 0 Å². The van der Waals surface area contributed by atoms with Gasteiger partial charge in [-0.2, -0.15) is 0 Å². The van der Waals surface area contributed by atoms with Crippen LogP contribution >= 0.6 is 0 Å². The van der Waals surface area contributed by atoms with E-state index >= 15 is 0 Å². The Kier molecular flexibility index (Phi) is 8.52. The molecule has 1 aromatic rings. The summed E-state index contributed by atoms with van der Waals surface area (Å²) in [6.45, 7) is 18.3. The smallest absolute Gasteiger partial charge is 0.0345 e. The Labute approximate surface area is 118 Å². The maximum Gasteiger partial charge on any atom is 0.0345 e. The summed E-state index contributed by atoms with van der Waals surface area (Å²) in [7, 11) is 0. The average molecular weight is 257 g/mol. The molecular weight excluding hydrogens is 230 g/mol. The van der Waals surface area contributed by atoms with Gasteiger partial charge in [0.15, 0.2) is 0 Å². The van der Waals surface area contributed by atoms with Crippen LogP contribution < -0.4 is 0 Å². The number of hydrogen-bond acceptors (Lipinski definition) is 1. The second kappa shape index (κ2) is 9.32. The molecule has 1 nitrogen and oxygen atoms in total. The lowest BCUT2D eigenvalue weighted by Crippen LogP contribution is -1.98. The number of aryl methyl sites for hydroxylation is 1. The standard InChI is InChI=1S/C16H21N.C2H6/c1-6-7-13(4)10-15(12(2)3)16-11-17-9-8-14(16)5;1-2/h6,8-12H,1,4,7H2,2-3,5H3;1-2H3/b15-10-;. The maximum atomic E-state index is 4.21. The van der Waals surface area contributed by atoms with E-state index in [0.717, 1.165) is 12.0 Å². The molecule has 0 saturated heterocycles. The summed E-state index contributed by atoms with van der Waals surface area (Å²) in [5.74, 6) is 0.458. The Morgan fingerprint density at radius 3 is 2.47 bits per heavy atom. The Bertz CT molecular complexity index is 439. The van der Waals surface area contributed by atoms with Crippen molar-refractivity contribution in [1.82, 2.24) is 4.98 Å². The van der Waals surface area contributed by atoms with Gasteiger partial charge in [0.2, 0.25) is 0 Å². The first kappa shape index (κ1) is 17.4. The van der Waals surface area contributed by atoms with Crippen molar-refractivity contribution in [3.8, 4) is 0 Å². The fourth-order valence-corrected chi connectivity index (χ4v) is 1.79. The number of hydrogen-bond donors (Lipinski definition) is 0. The highest BCUT2D eigenvalue weighted by atomic mass is 14.6. The van der Waals surface area contributed by atoms with Crippen LogP contribution in [-0.4, -0.2) is 4.98 Å². The van der Waals surface area contributed by atoms with Gasteiger partial charge in [-0.15, -0.1) is 6.58 Å². The summed E-state index contributed by atoms with van der Waals surface area (Å²) in [4.78, 5) is 4.21. The molecule has 0 atom stereocenters. The molecule has 0 fully saturated rings. The third-order valence-electron chi connectivity index (χ3n) is 2.74. The van der Waals surface area contributed by atoms with Crippen molar-refractivity contribution < 1.29 is 0 Å². The predicted octanol–water partition coefficient (Wildman–Crippen LogP) is 5.59. The lowest BCUT2D eigenvalue weighted by molar-refractivity contribution is 0.851. The summed E-state index contributed by atoms with van der Waals surface area (Å²) in [5.41, 5.74) is 4.86. The highest BCUT2D eigenvalue weighted by molar-refractivity contribution is 5.71. The van der Waals surface area contributed by atoms with Crippen molar-refractivity contribution in [3.63, 3.8) is 0 Å². The first-order valence-electron chi connectivity index (χ1n) is 6.97. The van der Waals surface area contributed by atoms with Crippen molar-refractivity contribution >= 4 is 5.57 Å². The summed E-state index contributed by atoms with van der Waals surface area (Å²) in [6, 6.07) is 2.04. The van der Waals surface area contributed by atoms with Gasteiger partial charge in [-0.1, -0.05) is 52.0 Å². The SMILES string of the molecule is C=CCC(=C)/C=C(\c1cnccc1C)C(C)C.CC. The highest BCUT2D eigenvalue weighted by Crippen LogP contribution is 2.26. The van der Waals surface area contributed by atoms with Gasteiger partial charge in [0.25, 0.3) is 0 Å². The number of nitrogens with zero attached hydrogens (tertiary/aromatic N) is 1. The zero-order valence-corrected chi connectivity index (χ0v) is 13.0. The topological polar surface area (TPSA) is 12.9 Å². The molecule has 0 saturated carbocycles. The summed E-state index contributed by atoms with van der Waals surface area (Å²) >= 11 is 0. The molecule has 0 spiro atoms. The normalized spacial score (nSPS) is 10.7. The Morgan fingerprint density at radius 2 is 2.00 bits per heavy atom. The zero-order chi connectivity index (χ0) is 14.8. The minimum Gasteiger partial charge on any atom is -0.264 e. The van der Waals surface area contributed by atoms with E-state index in [-0.39, 0.29) is 0 Å². The van der Waals surface area contributed by atoms with Crippen molar-refractivity contribution in [2.75, 3.05) is 0 Å². The first-order chi connectivity index (χ1) is 9.06. The zero-order valence-electron chi connectivity index (χ0n) is 13.0. The molecule has 0 N–H and O–H groups in total. The Balaban J connectivity index is 0.00000154. The summed E-state index contributed by atoms with van der Waals surface area (Å²) in [5, 5.41) is 0. The molecule has 1 aromatic heterocycles. The van der Waals surface area contributed by atoms with Gasteiger partial charge in [-0.3, -0.25) is 4.98 Å². The van der Waals surface area contributed by atoms with E-state index in [4.69, 9.17) is 0 Å². The van der Waals surface area contributed by atoms with E-state index in [0.29, 0.717) is 5.92 Å². The van der Waals surface area contributed by atoms with Crippen LogP contribution in [-0.2, 0) is 0 Å². The van der Waals surface area contributed by atoms with Crippen LogP contribution in [0.25, 0.3) is 5.57 Å². The lowest BCUT2D eigenvalue weighted by atomic mass is 9.91. The summed E-state index contributed by atoms with van der Waals surface area (Å²) < 4.78 is 0. The van der Waals surface area contributed by atoms with Crippen LogP contribution in [0.5, 0.6) is 0 Å². The third kappa shape index (κ3) is 5.69. The average Bonchev–Trinajstić information content (AvgIpc) is 2.39. The molecule has 104 valence electrons. The van der Waals surface area contributed by atoms with E-state index in [1.165, 1.54) is 16.7 Å². The molecule has 1 rings (SSSR count). The van der Waals surface area contributed by atoms with Gasteiger partial charge < -0.3 is 0 Å². The van der Waals surface area contributed by atoms with Crippen LogP contribution in [0.4, 0.5) is 0 Å². The Morgan fingerprint density at radius 1 is 1.37 bits per heavy atom. The van der Waals surface area contributed by atoms with Gasteiger partial charge in [0.1, 0.15) is 0 Å². The lowest BCUT2D eigenvalue weighted by Gasteiger charge is -2.14. The molecule has 0 radical (unpaired) electrons. The summed E-state index contributed by atoms with van der Waals surface area (Å²) in [6.07, 6.45) is 8.64. The van der Waals surface area contributed by atoms with Gasteiger partial charge in [0.05, 0.1) is 0 Å². The van der Waals surface area contributed by atoms with Gasteiger partial charge >= 0.3 is 0 Å². The van der Waals surface area contributed by atoms with E-state index in [9.17, 15) is 0 Å². The van der Waals surface area contributed by atoms with Crippen LogP contribution in [0.2, 0.25) is 0 Å². The van der Waals surface area contributed by atoms with Crippen molar-refractivity contribution in [3.05, 3.63) is 60.5 Å². The van der Waals surface area contributed by atoms with E-state index in [1.807, 2.05) is 38.4 Å². The number of pyridine rings is 1. The minimum absolute atomic E-state index is 0.458. The third-order valence-corrected chi connectivity index (χ3v) is 2.74. The van der Waals surface area contributed by atoms with Crippen molar-refractivity contribution in [2.24, 2.45) is 5.92 Å². The monoisotopic (exact) mass is 257 g/mol. The van der Waals surface area contributed by atoms with E-state index in [2.05, 4.69) is 45.0 Å². The van der Waals surface area contributed by atoms with E-state index < -0.39 is 0 Å². The first-order valence-corrected chi connectivity index (χ1v) is 6.97. The molecule has 0 aliphatic carbocycles.